The summed E-state index contributed by atoms with van der Waals surface area (Å²) >= 11 is 0. The molecule has 28 heavy (non-hydrogen) atoms. The van der Waals surface area contributed by atoms with Gasteiger partial charge in [0.15, 0.2) is 5.96 Å². The van der Waals surface area contributed by atoms with Gasteiger partial charge in [-0.2, -0.15) is 0 Å². The van der Waals surface area contributed by atoms with Crippen LogP contribution in [0.5, 0.6) is 5.75 Å². The second-order valence-corrected chi connectivity index (χ2v) is 6.51. The third-order valence-electron chi connectivity index (χ3n) is 4.48. The first-order valence-corrected chi connectivity index (χ1v) is 9.08. The molecule has 8 heteroatoms. The van der Waals surface area contributed by atoms with Crippen molar-refractivity contribution in [2.75, 3.05) is 24.5 Å². The molecule has 1 heterocycles. The van der Waals surface area contributed by atoms with E-state index in [1.165, 1.54) is 18.2 Å². The van der Waals surface area contributed by atoms with Gasteiger partial charge in [0.05, 0.1) is 6.54 Å². The molecule has 1 saturated heterocycles. The quantitative estimate of drug-likeness (QED) is 0.332. The molecule has 0 saturated carbocycles. The van der Waals surface area contributed by atoms with E-state index in [0.717, 1.165) is 12.0 Å². The number of nitrogens with zero attached hydrogens (tertiary/aromatic N) is 2. The highest BCUT2D eigenvalue weighted by atomic mass is 127. The van der Waals surface area contributed by atoms with Crippen LogP contribution < -0.4 is 15.5 Å². The zero-order chi connectivity index (χ0) is 19.2. The van der Waals surface area contributed by atoms with Crippen molar-refractivity contribution in [1.29, 1.82) is 0 Å². The summed E-state index contributed by atoms with van der Waals surface area (Å²) in [5.74, 6) is -0.197. The van der Waals surface area contributed by atoms with E-state index in [1.807, 2.05) is 19.1 Å². The van der Waals surface area contributed by atoms with Gasteiger partial charge in [-0.1, -0.05) is 18.2 Å². The van der Waals surface area contributed by atoms with Crippen LogP contribution in [0.1, 0.15) is 18.9 Å². The standard InChI is InChI=1S/C20H24F2N4O.HI/c1-2-23-20(24-12-14-6-8-16(27)9-7-14)25-15-10-11-26(13-15)19-17(21)4-3-5-18(19)22;/h3-9,15,27H,2,10-13H2,1H3,(H2,23,24,25);1H. The molecule has 1 unspecified atom stereocenters. The number of hydrogen-bond donors (Lipinski definition) is 3. The van der Waals surface area contributed by atoms with Gasteiger partial charge in [0.2, 0.25) is 0 Å². The monoisotopic (exact) mass is 502 g/mol. The molecule has 1 aliphatic heterocycles. The predicted molar refractivity (Wildman–Crippen MR) is 118 cm³/mol. The predicted octanol–water partition coefficient (Wildman–Crippen LogP) is 3.62. The van der Waals surface area contributed by atoms with Crippen LogP contribution in [0.25, 0.3) is 0 Å². The number of aliphatic imine (C=N–C) groups is 1. The fourth-order valence-electron chi connectivity index (χ4n) is 3.16. The summed E-state index contributed by atoms with van der Waals surface area (Å²) in [6, 6.07) is 10.9. The Balaban J connectivity index is 0.00000280. The van der Waals surface area contributed by atoms with Crippen molar-refractivity contribution in [2.45, 2.75) is 25.9 Å². The van der Waals surface area contributed by atoms with Gasteiger partial charge in [0.1, 0.15) is 23.1 Å². The smallest absolute Gasteiger partial charge is 0.191 e. The largest absolute Gasteiger partial charge is 0.508 e. The van der Waals surface area contributed by atoms with Crippen molar-refractivity contribution < 1.29 is 13.9 Å². The van der Waals surface area contributed by atoms with E-state index in [4.69, 9.17) is 0 Å². The molecule has 0 radical (unpaired) electrons. The van der Waals surface area contributed by atoms with E-state index < -0.39 is 11.6 Å². The third kappa shape index (κ3) is 5.70. The highest BCUT2D eigenvalue weighted by molar-refractivity contribution is 14.0. The lowest BCUT2D eigenvalue weighted by Crippen LogP contribution is -2.44. The number of guanidine groups is 1. The Labute approximate surface area is 180 Å². The lowest BCUT2D eigenvalue weighted by atomic mass is 10.2. The van der Waals surface area contributed by atoms with Crippen LogP contribution >= 0.6 is 24.0 Å². The van der Waals surface area contributed by atoms with Crippen LogP contribution in [0.15, 0.2) is 47.5 Å². The number of rotatable bonds is 5. The molecular weight excluding hydrogens is 477 g/mol. The Morgan fingerprint density at radius 2 is 1.86 bits per heavy atom. The van der Waals surface area contributed by atoms with Gasteiger partial charge in [-0.25, -0.2) is 13.8 Å². The van der Waals surface area contributed by atoms with Gasteiger partial charge in [0.25, 0.3) is 0 Å². The lowest BCUT2D eigenvalue weighted by Gasteiger charge is -2.21. The third-order valence-corrected chi connectivity index (χ3v) is 4.48. The van der Waals surface area contributed by atoms with Crippen molar-refractivity contribution in [2.24, 2.45) is 4.99 Å². The fraction of sp³-hybridized carbons (Fsp3) is 0.350. The molecule has 5 nitrogen and oxygen atoms in total. The van der Waals surface area contributed by atoms with Crippen LogP contribution in [0, 0.1) is 11.6 Å². The van der Waals surface area contributed by atoms with Gasteiger partial charge in [-0.15, -0.1) is 24.0 Å². The van der Waals surface area contributed by atoms with Gasteiger partial charge in [0, 0.05) is 25.7 Å². The van der Waals surface area contributed by atoms with Crippen molar-refractivity contribution in [3.63, 3.8) is 0 Å². The normalized spacial score (nSPS) is 16.6. The average Bonchev–Trinajstić information content (AvgIpc) is 3.09. The van der Waals surface area contributed by atoms with Crippen molar-refractivity contribution in [1.82, 2.24) is 10.6 Å². The van der Waals surface area contributed by atoms with Gasteiger partial charge >= 0.3 is 0 Å². The molecule has 2 aromatic carbocycles. The number of para-hydroxylation sites is 1. The fourth-order valence-corrected chi connectivity index (χ4v) is 3.16. The van der Waals surface area contributed by atoms with E-state index in [2.05, 4.69) is 15.6 Å². The number of hydrogen-bond acceptors (Lipinski definition) is 3. The molecule has 0 aliphatic carbocycles. The number of benzene rings is 2. The van der Waals surface area contributed by atoms with Crippen LogP contribution in [0.2, 0.25) is 0 Å². The molecule has 0 aromatic heterocycles. The highest BCUT2D eigenvalue weighted by Crippen LogP contribution is 2.26. The number of phenols is 1. The van der Waals surface area contributed by atoms with E-state index in [1.54, 1.807) is 17.0 Å². The topological polar surface area (TPSA) is 59.9 Å². The highest BCUT2D eigenvalue weighted by Gasteiger charge is 2.27. The van der Waals surface area contributed by atoms with Crippen LogP contribution in [0.4, 0.5) is 14.5 Å². The Kier molecular flexibility index (Phi) is 8.28. The number of halogens is 3. The molecule has 1 atom stereocenters. The minimum absolute atomic E-state index is 0. The lowest BCUT2D eigenvalue weighted by molar-refractivity contribution is 0.475. The van der Waals surface area contributed by atoms with Crippen LogP contribution in [-0.2, 0) is 6.54 Å². The van der Waals surface area contributed by atoms with Gasteiger partial charge in [-0.3, -0.25) is 0 Å². The second kappa shape index (κ2) is 10.4. The van der Waals surface area contributed by atoms with Crippen molar-refractivity contribution in [3.8, 4) is 5.75 Å². The Hall–Kier alpha value is -2.10. The van der Waals surface area contributed by atoms with Crippen LogP contribution in [-0.4, -0.2) is 36.7 Å². The summed E-state index contributed by atoms with van der Waals surface area (Å²) in [7, 11) is 0. The molecule has 1 aliphatic rings. The maximum atomic E-state index is 14.0. The maximum Gasteiger partial charge on any atom is 0.191 e. The second-order valence-electron chi connectivity index (χ2n) is 6.51. The number of anilines is 1. The van der Waals surface area contributed by atoms with Crippen molar-refractivity contribution >= 4 is 35.6 Å². The summed E-state index contributed by atoms with van der Waals surface area (Å²) in [4.78, 5) is 6.28. The summed E-state index contributed by atoms with van der Waals surface area (Å²) in [6.07, 6.45) is 0.761. The number of phenolic OH excluding ortho intramolecular Hbond substituents is 1. The van der Waals surface area contributed by atoms with E-state index in [-0.39, 0.29) is 41.5 Å². The summed E-state index contributed by atoms with van der Waals surface area (Å²) in [6.45, 7) is 4.23. The summed E-state index contributed by atoms with van der Waals surface area (Å²) in [5, 5.41) is 15.9. The van der Waals surface area contributed by atoms with E-state index in [0.29, 0.717) is 32.1 Å². The molecule has 0 spiro atoms. The molecule has 0 bridgehead atoms. The van der Waals surface area contributed by atoms with E-state index >= 15 is 0 Å². The SMILES string of the molecule is CCNC(=NCc1ccc(O)cc1)NC1CCN(c2c(F)cccc2F)C1.I. The Morgan fingerprint density at radius 3 is 2.50 bits per heavy atom. The summed E-state index contributed by atoms with van der Waals surface area (Å²) in [5.41, 5.74) is 1.01. The molecule has 0 amide bonds. The number of nitrogens with one attached hydrogen (secondary N) is 2. The molecule has 3 rings (SSSR count). The Morgan fingerprint density at radius 1 is 1.18 bits per heavy atom. The zero-order valence-electron chi connectivity index (χ0n) is 15.7. The Bertz CT molecular complexity index is 781. The first-order chi connectivity index (χ1) is 13.1. The average molecular weight is 502 g/mol. The van der Waals surface area contributed by atoms with Crippen molar-refractivity contribution in [3.05, 3.63) is 59.7 Å². The number of aromatic hydroxyl groups is 1. The molecule has 2 aromatic rings. The van der Waals surface area contributed by atoms with E-state index in [9.17, 15) is 13.9 Å². The van der Waals surface area contributed by atoms with Crippen LogP contribution in [0.3, 0.4) is 0 Å². The minimum Gasteiger partial charge on any atom is -0.508 e. The zero-order valence-corrected chi connectivity index (χ0v) is 18.0. The first-order valence-electron chi connectivity index (χ1n) is 9.08. The first kappa shape index (κ1) is 22.2. The maximum absolute atomic E-state index is 14.0. The minimum atomic E-state index is -0.538. The molecule has 3 N–H and O–H groups in total. The van der Waals surface area contributed by atoms with Gasteiger partial charge in [-0.05, 0) is 43.2 Å². The molecule has 152 valence electrons. The van der Waals surface area contributed by atoms with Gasteiger partial charge < -0.3 is 20.6 Å². The molecular formula is C20H25F2IN4O. The summed E-state index contributed by atoms with van der Waals surface area (Å²) < 4.78 is 28.0. The molecule has 1 fully saturated rings.